The van der Waals surface area contributed by atoms with Crippen molar-refractivity contribution in [3.05, 3.63) is 12.3 Å². The molecule has 1 saturated heterocycles. The molecule has 2 fully saturated rings. The molecule has 1 heterocycles. The van der Waals surface area contributed by atoms with Crippen LogP contribution in [0.15, 0.2) is 12.3 Å². The van der Waals surface area contributed by atoms with E-state index in [0.717, 1.165) is 18.1 Å². The number of ether oxygens (including phenoxy) is 1. The first-order valence-electron chi connectivity index (χ1n) is 4.71. The van der Waals surface area contributed by atoms with Gasteiger partial charge < -0.3 is 4.74 Å². The van der Waals surface area contributed by atoms with Crippen LogP contribution in [-0.2, 0) is 4.74 Å². The third kappa shape index (κ3) is 1.42. The van der Waals surface area contributed by atoms with E-state index in [1.165, 1.54) is 32.1 Å². The van der Waals surface area contributed by atoms with Gasteiger partial charge in [-0.1, -0.05) is 13.0 Å². The Labute approximate surface area is 68.4 Å². The summed E-state index contributed by atoms with van der Waals surface area (Å²) in [5, 5.41) is 0. The maximum Gasteiger partial charge on any atom is 0.101 e. The van der Waals surface area contributed by atoms with Gasteiger partial charge in [-0.25, -0.2) is 0 Å². The highest BCUT2D eigenvalue weighted by atomic mass is 16.5. The molecule has 0 aromatic heterocycles. The SMILES string of the molecule is C=C1CCC2CCCCC2O1. The second kappa shape index (κ2) is 2.88. The van der Waals surface area contributed by atoms with Crippen LogP contribution in [0.1, 0.15) is 38.5 Å². The van der Waals surface area contributed by atoms with Crippen LogP contribution in [0.4, 0.5) is 0 Å². The van der Waals surface area contributed by atoms with Crippen molar-refractivity contribution in [3.8, 4) is 0 Å². The van der Waals surface area contributed by atoms with Crippen molar-refractivity contribution >= 4 is 0 Å². The summed E-state index contributed by atoms with van der Waals surface area (Å²) < 4.78 is 5.70. The minimum absolute atomic E-state index is 0.532. The summed E-state index contributed by atoms with van der Waals surface area (Å²) in [5.41, 5.74) is 0. The van der Waals surface area contributed by atoms with E-state index in [9.17, 15) is 0 Å². The zero-order valence-electron chi connectivity index (χ0n) is 7.01. The van der Waals surface area contributed by atoms with Gasteiger partial charge in [-0.15, -0.1) is 0 Å². The summed E-state index contributed by atoms with van der Waals surface area (Å²) in [7, 11) is 0. The lowest BCUT2D eigenvalue weighted by atomic mass is 9.82. The van der Waals surface area contributed by atoms with Crippen molar-refractivity contribution in [1.29, 1.82) is 0 Å². The molecule has 1 heteroatoms. The lowest BCUT2D eigenvalue weighted by Gasteiger charge is -2.36. The fourth-order valence-corrected chi connectivity index (χ4v) is 2.28. The Kier molecular flexibility index (Phi) is 1.89. The number of hydrogen-bond acceptors (Lipinski definition) is 1. The lowest BCUT2D eigenvalue weighted by Crippen LogP contribution is -2.30. The number of rotatable bonds is 0. The summed E-state index contributed by atoms with van der Waals surface area (Å²) in [4.78, 5) is 0. The second-order valence-corrected chi connectivity index (χ2v) is 3.78. The predicted octanol–water partition coefficient (Wildman–Crippen LogP) is 2.87. The van der Waals surface area contributed by atoms with Gasteiger partial charge in [0.15, 0.2) is 0 Å². The fourth-order valence-electron chi connectivity index (χ4n) is 2.28. The van der Waals surface area contributed by atoms with Crippen LogP contribution in [0.2, 0.25) is 0 Å². The minimum Gasteiger partial charge on any atom is -0.495 e. The Morgan fingerprint density at radius 2 is 2.00 bits per heavy atom. The molecule has 62 valence electrons. The zero-order valence-corrected chi connectivity index (χ0v) is 7.01. The summed E-state index contributed by atoms with van der Waals surface area (Å²) in [6.07, 6.45) is 8.38. The van der Waals surface area contributed by atoms with Gasteiger partial charge in [-0.2, -0.15) is 0 Å². The quantitative estimate of drug-likeness (QED) is 0.518. The Morgan fingerprint density at radius 3 is 2.91 bits per heavy atom. The molecule has 0 amide bonds. The number of fused-ring (bicyclic) bond motifs is 1. The van der Waals surface area contributed by atoms with Crippen LogP contribution in [0.25, 0.3) is 0 Å². The molecule has 2 atom stereocenters. The third-order valence-electron chi connectivity index (χ3n) is 2.95. The Balaban J connectivity index is 1.98. The van der Waals surface area contributed by atoms with E-state index < -0.39 is 0 Å². The second-order valence-electron chi connectivity index (χ2n) is 3.78. The van der Waals surface area contributed by atoms with Crippen molar-refractivity contribution in [3.63, 3.8) is 0 Å². The summed E-state index contributed by atoms with van der Waals surface area (Å²) in [6, 6.07) is 0. The average molecular weight is 152 g/mol. The zero-order chi connectivity index (χ0) is 7.68. The molecule has 1 nitrogen and oxygen atoms in total. The van der Waals surface area contributed by atoms with Gasteiger partial charge in [0.05, 0.1) is 5.76 Å². The number of allylic oxidation sites excluding steroid dienone is 1. The standard InChI is InChI=1S/C10H16O/c1-8-6-7-9-4-2-3-5-10(9)11-8/h9-10H,1-7H2. The lowest BCUT2D eigenvalue weighted by molar-refractivity contribution is -0.00136. The van der Waals surface area contributed by atoms with E-state index in [2.05, 4.69) is 6.58 Å². The molecule has 1 aliphatic heterocycles. The highest BCUT2D eigenvalue weighted by Crippen LogP contribution is 2.36. The van der Waals surface area contributed by atoms with E-state index in [-0.39, 0.29) is 0 Å². The normalized spacial score (nSPS) is 37.6. The first-order chi connectivity index (χ1) is 5.36. The molecule has 0 radical (unpaired) electrons. The smallest absolute Gasteiger partial charge is 0.101 e. The van der Waals surface area contributed by atoms with Crippen molar-refractivity contribution < 1.29 is 4.74 Å². The molecule has 2 unspecified atom stereocenters. The molecule has 0 aromatic carbocycles. The van der Waals surface area contributed by atoms with Crippen molar-refractivity contribution in [2.75, 3.05) is 0 Å². The Hall–Kier alpha value is -0.460. The molecule has 2 rings (SSSR count). The summed E-state index contributed by atoms with van der Waals surface area (Å²) in [5.74, 6) is 1.88. The van der Waals surface area contributed by atoms with Crippen LogP contribution in [0.3, 0.4) is 0 Å². The average Bonchev–Trinajstić information content (AvgIpc) is 2.04. The van der Waals surface area contributed by atoms with Gasteiger partial charge >= 0.3 is 0 Å². The van der Waals surface area contributed by atoms with E-state index in [1.54, 1.807) is 0 Å². The van der Waals surface area contributed by atoms with E-state index in [1.807, 2.05) is 0 Å². The maximum absolute atomic E-state index is 5.70. The highest BCUT2D eigenvalue weighted by Gasteiger charge is 2.29. The third-order valence-corrected chi connectivity index (χ3v) is 2.95. The first kappa shape index (κ1) is 7.20. The summed E-state index contributed by atoms with van der Waals surface area (Å²) in [6.45, 7) is 3.88. The molecule has 0 aromatic rings. The fraction of sp³-hybridized carbons (Fsp3) is 0.800. The van der Waals surface area contributed by atoms with Gasteiger partial charge in [0, 0.05) is 6.42 Å². The molecule has 0 spiro atoms. The van der Waals surface area contributed by atoms with Gasteiger partial charge in [-0.05, 0) is 31.6 Å². The highest BCUT2D eigenvalue weighted by molar-refractivity contribution is 4.93. The first-order valence-corrected chi connectivity index (χ1v) is 4.71. The Bertz CT molecular complexity index is 162. The molecule has 11 heavy (non-hydrogen) atoms. The molecule has 0 N–H and O–H groups in total. The topological polar surface area (TPSA) is 9.23 Å². The molecular weight excluding hydrogens is 136 g/mol. The van der Waals surface area contributed by atoms with Gasteiger partial charge in [0.2, 0.25) is 0 Å². The van der Waals surface area contributed by atoms with Crippen LogP contribution in [-0.4, -0.2) is 6.10 Å². The van der Waals surface area contributed by atoms with E-state index in [4.69, 9.17) is 4.74 Å². The molecule has 0 bridgehead atoms. The van der Waals surface area contributed by atoms with Crippen molar-refractivity contribution in [2.24, 2.45) is 5.92 Å². The van der Waals surface area contributed by atoms with Crippen molar-refractivity contribution in [2.45, 2.75) is 44.6 Å². The van der Waals surface area contributed by atoms with Gasteiger partial charge in [0.25, 0.3) is 0 Å². The van der Waals surface area contributed by atoms with Crippen LogP contribution >= 0.6 is 0 Å². The minimum atomic E-state index is 0.532. The maximum atomic E-state index is 5.70. The molecule has 1 aliphatic carbocycles. The molecule has 2 aliphatic rings. The van der Waals surface area contributed by atoms with E-state index in [0.29, 0.717) is 6.10 Å². The van der Waals surface area contributed by atoms with Crippen LogP contribution in [0.5, 0.6) is 0 Å². The van der Waals surface area contributed by atoms with Gasteiger partial charge in [-0.3, -0.25) is 0 Å². The van der Waals surface area contributed by atoms with Gasteiger partial charge in [0.1, 0.15) is 6.10 Å². The Morgan fingerprint density at radius 1 is 1.18 bits per heavy atom. The van der Waals surface area contributed by atoms with Crippen molar-refractivity contribution in [1.82, 2.24) is 0 Å². The van der Waals surface area contributed by atoms with Crippen LogP contribution in [0, 0.1) is 5.92 Å². The largest absolute Gasteiger partial charge is 0.495 e. The number of hydrogen-bond donors (Lipinski definition) is 0. The molecule has 1 saturated carbocycles. The molecular formula is C10H16O. The van der Waals surface area contributed by atoms with E-state index >= 15 is 0 Å². The van der Waals surface area contributed by atoms with Crippen LogP contribution < -0.4 is 0 Å². The monoisotopic (exact) mass is 152 g/mol. The predicted molar refractivity (Wildman–Crippen MR) is 45.2 cm³/mol. The summed E-state index contributed by atoms with van der Waals surface area (Å²) >= 11 is 0.